The van der Waals surface area contributed by atoms with Crippen molar-refractivity contribution in [2.24, 2.45) is 5.73 Å². The molecule has 0 aliphatic carbocycles. The second-order valence-electron chi connectivity index (χ2n) is 7.54. The van der Waals surface area contributed by atoms with Gasteiger partial charge in [-0.3, -0.25) is 14.2 Å². The van der Waals surface area contributed by atoms with Gasteiger partial charge in [-0.15, -0.1) is 11.3 Å². The van der Waals surface area contributed by atoms with Gasteiger partial charge in [-0.25, -0.2) is 9.18 Å². The summed E-state index contributed by atoms with van der Waals surface area (Å²) in [6.07, 6.45) is 0.986. The zero-order chi connectivity index (χ0) is 26.0. The van der Waals surface area contributed by atoms with Gasteiger partial charge in [-0.1, -0.05) is 24.3 Å². The molecule has 1 aliphatic rings. The van der Waals surface area contributed by atoms with Crippen LogP contribution in [0.5, 0.6) is 5.75 Å². The third-order valence-electron chi connectivity index (χ3n) is 5.52. The number of aromatic nitrogens is 1. The number of thiazole rings is 1. The first kappa shape index (κ1) is 24.4. The lowest BCUT2D eigenvalue weighted by atomic mass is 9.83. The molecular formula is C25H19FN4O5S. The van der Waals surface area contributed by atoms with E-state index in [2.05, 4.69) is 10.1 Å². The first-order valence-corrected chi connectivity index (χ1v) is 11.3. The van der Waals surface area contributed by atoms with E-state index in [1.54, 1.807) is 24.3 Å². The highest BCUT2D eigenvalue weighted by Gasteiger charge is 2.36. The highest BCUT2D eigenvalue weighted by molar-refractivity contribution is 7.07. The summed E-state index contributed by atoms with van der Waals surface area (Å²) >= 11 is 0.848. The molecule has 11 heteroatoms. The van der Waals surface area contributed by atoms with E-state index in [9.17, 15) is 24.0 Å². The first-order chi connectivity index (χ1) is 17.3. The van der Waals surface area contributed by atoms with Gasteiger partial charge in [-0.05, 0) is 29.8 Å². The zero-order valence-corrected chi connectivity index (χ0v) is 19.9. The van der Waals surface area contributed by atoms with Gasteiger partial charge in [-0.2, -0.15) is 5.26 Å². The molecule has 1 aromatic heterocycles. The van der Waals surface area contributed by atoms with E-state index in [1.807, 2.05) is 6.07 Å². The Morgan fingerprint density at radius 2 is 1.89 bits per heavy atom. The smallest absolute Gasteiger partial charge is 0.332 e. The molecule has 2 heterocycles. The standard InChI is InChI=1S/C25H19FN4O5S/c1-34-17-6-4-3-5-16(17)29-23(32)21-20(13-7-9-14(26)10-8-13)15(12-27)22(28)30-24(33)18(36-25(21)30)11-19(31)35-2/h3-11,20H,28H2,1-2H3,(H,29,32)/b18-11-. The number of hydrogen-bond donors (Lipinski definition) is 2. The number of nitrogens with two attached hydrogens (primary N) is 1. The van der Waals surface area contributed by atoms with Gasteiger partial charge in [0.05, 0.1) is 43.0 Å². The van der Waals surface area contributed by atoms with E-state index >= 15 is 0 Å². The molecule has 0 saturated carbocycles. The summed E-state index contributed by atoms with van der Waals surface area (Å²) in [6.45, 7) is 0. The van der Waals surface area contributed by atoms with Crippen molar-refractivity contribution in [3.05, 3.63) is 85.0 Å². The molecule has 9 nitrogen and oxygen atoms in total. The first-order valence-electron chi connectivity index (χ1n) is 10.5. The van der Waals surface area contributed by atoms with Gasteiger partial charge in [0.2, 0.25) is 0 Å². The number of nitrogens with one attached hydrogen (secondary N) is 1. The topological polar surface area (TPSA) is 136 Å². The predicted octanol–water partition coefficient (Wildman–Crippen LogP) is 1.25. The molecular weight excluding hydrogens is 487 g/mol. The highest BCUT2D eigenvalue weighted by Crippen LogP contribution is 2.37. The molecule has 1 atom stereocenters. The summed E-state index contributed by atoms with van der Waals surface area (Å²) in [6, 6.07) is 14.0. The predicted molar refractivity (Wildman–Crippen MR) is 131 cm³/mol. The molecule has 0 radical (unpaired) electrons. The van der Waals surface area contributed by atoms with Crippen LogP contribution in [0.4, 0.5) is 10.1 Å². The molecule has 0 spiro atoms. The fourth-order valence-electron chi connectivity index (χ4n) is 3.86. The lowest BCUT2D eigenvalue weighted by Crippen LogP contribution is -2.40. The number of benzene rings is 2. The summed E-state index contributed by atoms with van der Waals surface area (Å²) in [5.41, 5.74) is 6.26. The average molecular weight is 507 g/mol. The zero-order valence-electron chi connectivity index (χ0n) is 19.1. The van der Waals surface area contributed by atoms with Crippen molar-refractivity contribution in [2.75, 3.05) is 19.5 Å². The number of esters is 1. The number of nitriles is 1. The summed E-state index contributed by atoms with van der Waals surface area (Å²) in [5, 5.41) is 12.8. The molecule has 36 heavy (non-hydrogen) atoms. The van der Waals surface area contributed by atoms with Crippen LogP contribution >= 0.6 is 11.3 Å². The number of methoxy groups -OCH3 is 2. The van der Waals surface area contributed by atoms with Gasteiger partial charge >= 0.3 is 5.97 Å². The molecule has 4 rings (SSSR count). The van der Waals surface area contributed by atoms with E-state index in [1.165, 1.54) is 31.4 Å². The number of amides is 1. The molecule has 182 valence electrons. The van der Waals surface area contributed by atoms with Gasteiger partial charge in [0.1, 0.15) is 26.6 Å². The maximum atomic E-state index is 13.8. The molecule has 1 unspecified atom stereocenters. The maximum Gasteiger partial charge on any atom is 0.332 e. The Morgan fingerprint density at radius 3 is 2.53 bits per heavy atom. The monoisotopic (exact) mass is 506 g/mol. The van der Waals surface area contributed by atoms with Crippen LogP contribution in [0.15, 0.2) is 58.9 Å². The Balaban J connectivity index is 2.05. The number of ether oxygens (including phenoxy) is 2. The number of hydrogen-bond acceptors (Lipinski definition) is 8. The van der Waals surface area contributed by atoms with E-state index in [-0.39, 0.29) is 26.2 Å². The van der Waals surface area contributed by atoms with Crippen LogP contribution in [0.25, 0.3) is 17.5 Å². The Kier molecular flexibility index (Phi) is 6.71. The lowest BCUT2D eigenvalue weighted by molar-refractivity contribution is -0.133. The molecule has 2 aromatic carbocycles. The second kappa shape index (κ2) is 9.89. The third-order valence-corrected chi connectivity index (χ3v) is 6.63. The molecule has 0 saturated heterocycles. The minimum Gasteiger partial charge on any atom is -0.495 e. The number of para-hydroxylation sites is 2. The van der Waals surface area contributed by atoms with Crippen LogP contribution in [0, 0.1) is 17.1 Å². The van der Waals surface area contributed by atoms with Crippen molar-refractivity contribution < 1.29 is 23.5 Å². The Labute approximate surface area is 207 Å². The minimum atomic E-state index is -1.02. The Bertz CT molecular complexity index is 1630. The molecule has 0 fully saturated rings. The van der Waals surface area contributed by atoms with Crippen molar-refractivity contribution in [3.63, 3.8) is 0 Å². The number of carbonyl (C=O) groups excluding carboxylic acids is 2. The van der Waals surface area contributed by atoms with Crippen molar-refractivity contribution >= 4 is 46.4 Å². The quantitative estimate of drug-likeness (QED) is 0.497. The average Bonchev–Trinajstić information content (AvgIpc) is 3.20. The van der Waals surface area contributed by atoms with E-state index in [4.69, 9.17) is 10.5 Å². The van der Waals surface area contributed by atoms with E-state index in [0.717, 1.165) is 29.1 Å². The molecule has 1 amide bonds. The number of allylic oxidation sites excluding steroid dienone is 1. The van der Waals surface area contributed by atoms with Crippen LogP contribution in [0.1, 0.15) is 11.5 Å². The fraction of sp³-hybridized carbons (Fsp3) is 0.120. The van der Waals surface area contributed by atoms with Crippen LogP contribution in [-0.4, -0.2) is 30.7 Å². The third kappa shape index (κ3) is 4.25. The number of fused-ring (bicyclic) bond motifs is 1. The van der Waals surface area contributed by atoms with E-state index in [0.29, 0.717) is 17.0 Å². The molecule has 1 aliphatic heterocycles. The van der Waals surface area contributed by atoms with Gasteiger partial charge in [0, 0.05) is 6.08 Å². The van der Waals surface area contributed by atoms with Gasteiger partial charge in [0.15, 0.2) is 0 Å². The maximum absolute atomic E-state index is 13.8. The van der Waals surface area contributed by atoms with Crippen molar-refractivity contribution in [3.8, 4) is 11.8 Å². The second-order valence-corrected chi connectivity index (χ2v) is 8.57. The van der Waals surface area contributed by atoms with Crippen molar-refractivity contribution in [1.82, 2.24) is 4.57 Å². The minimum absolute atomic E-state index is 0.0184. The number of halogens is 1. The van der Waals surface area contributed by atoms with E-state index < -0.39 is 29.2 Å². The van der Waals surface area contributed by atoms with Crippen molar-refractivity contribution in [2.45, 2.75) is 5.92 Å². The summed E-state index contributed by atoms with van der Waals surface area (Å²) < 4.78 is 24.7. The van der Waals surface area contributed by atoms with Crippen LogP contribution in [-0.2, 0) is 14.3 Å². The Hall–Kier alpha value is -4.69. The summed E-state index contributed by atoms with van der Waals surface area (Å²) in [4.78, 5) is 38.7. The lowest BCUT2D eigenvalue weighted by Gasteiger charge is -2.25. The SMILES string of the molecule is COC(=O)/C=c1\sc2n(c1=O)C(N)=C(C#N)C(c1ccc(F)cc1)C=2C(=O)Nc1ccccc1OC. The number of anilines is 1. The van der Waals surface area contributed by atoms with Gasteiger partial charge < -0.3 is 20.5 Å². The van der Waals surface area contributed by atoms with Crippen molar-refractivity contribution in [1.29, 1.82) is 5.26 Å². The van der Waals surface area contributed by atoms with Crippen LogP contribution in [0.2, 0.25) is 0 Å². The summed E-state index contributed by atoms with van der Waals surface area (Å²) in [7, 11) is 2.61. The number of rotatable bonds is 5. The Morgan fingerprint density at radius 1 is 1.19 bits per heavy atom. The van der Waals surface area contributed by atoms with Crippen LogP contribution < -0.4 is 30.5 Å². The van der Waals surface area contributed by atoms with Gasteiger partial charge in [0.25, 0.3) is 11.5 Å². The number of nitrogens with zero attached hydrogens (tertiary/aromatic N) is 2. The normalized spacial score (nSPS) is 15.2. The largest absolute Gasteiger partial charge is 0.495 e. The van der Waals surface area contributed by atoms with Crippen LogP contribution in [0.3, 0.4) is 0 Å². The molecule has 3 aromatic rings. The molecule has 3 N–H and O–H groups in total. The fourth-order valence-corrected chi connectivity index (χ4v) is 4.99. The molecule has 0 bridgehead atoms. The summed E-state index contributed by atoms with van der Waals surface area (Å²) in [5.74, 6) is -2.75. The highest BCUT2D eigenvalue weighted by atomic mass is 32.1. The number of carbonyl (C=O) groups is 2.